The van der Waals surface area contributed by atoms with Gasteiger partial charge >= 0.3 is 0 Å². The molecule has 0 radical (unpaired) electrons. The summed E-state index contributed by atoms with van der Waals surface area (Å²) in [7, 11) is 0. The van der Waals surface area contributed by atoms with Gasteiger partial charge in [-0.1, -0.05) is 30.5 Å². The van der Waals surface area contributed by atoms with Crippen molar-refractivity contribution in [2.75, 3.05) is 11.9 Å². The first-order valence-electron chi connectivity index (χ1n) is 7.88. The van der Waals surface area contributed by atoms with E-state index in [-0.39, 0.29) is 30.2 Å². The summed E-state index contributed by atoms with van der Waals surface area (Å²) in [5.41, 5.74) is 1.47. The lowest BCUT2D eigenvalue weighted by Gasteiger charge is -2.19. The maximum Gasteiger partial charge on any atom is 0.244 e. The third kappa shape index (κ3) is 3.11. The number of hydrogen-bond acceptors (Lipinski definition) is 3. The van der Waals surface area contributed by atoms with Crippen molar-refractivity contribution in [1.29, 1.82) is 0 Å². The summed E-state index contributed by atoms with van der Waals surface area (Å²) >= 11 is 6.08. The molecule has 5 nitrogen and oxygen atoms in total. The maximum atomic E-state index is 12.3. The number of benzene rings is 1. The molecule has 1 aromatic rings. The van der Waals surface area contributed by atoms with Gasteiger partial charge in [0.15, 0.2) is 0 Å². The van der Waals surface area contributed by atoms with E-state index in [1.807, 2.05) is 13.0 Å². The molecular weight excluding hydrogens is 316 g/mol. The molecule has 0 aromatic heterocycles. The van der Waals surface area contributed by atoms with Crippen molar-refractivity contribution in [3.05, 3.63) is 28.8 Å². The van der Waals surface area contributed by atoms with Crippen molar-refractivity contribution < 1.29 is 14.4 Å². The predicted octanol–water partition coefficient (Wildman–Crippen LogP) is 2.76. The summed E-state index contributed by atoms with van der Waals surface area (Å²) in [6.45, 7) is 1.66. The number of aryl methyl sites for hydroxylation is 1. The van der Waals surface area contributed by atoms with Crippen molar-refractivity contribution in [2.45, 2.75) is 32.6 Å². The summed E-state index contributed by atoms with van der Waals surface area (Å²) < 4.78 is 0. The molecule has 3 amide bonds. The fraction of sp³-hybridized carbons (Fsp3) is 0.471. The lowest BCUT2D eigenvalue weighted by molar-refractivity contribution is -0.142. The van der Waals surface area contributed by atoms with Crippen LogP contribution in [0.4, 0.5) is 5.69 Å². The number of halogens is 1. The number of amides is 3. The maximum absolute atomic E-state index is 12.3. The zero-order valence-corrected chi connectivity index (χ0v) is 13.7. The largest absolute Gasteiger partial charge is 0.323 e. The normalized spacial score (nSPS) is 23.8. The van der Waals surface area contributed by atoms with Crippen LogP contribution < -0.4 is 5.32 Å². The molecule has 1 aromatic carbocycles. The van der Waals surface area contributed by atoms with Crippen LogP contribution in [-0.4, -0.2) is 29.2 Å². The Hall–Kier alpha value is -1.88. The van der Waals surface area contributed by atoms with Crippen molar-refractivity contribution in [2.24, 2.45) is 11.8 Å². The van der Waals surface area contributed by atoms with E-state index in [4.69, 9.17) is 11.6 Å². The quantitative estimate of drug-likeness (QED) is 0.864. The first-order chi connectivity index (χ1) is 11.0. The number of likely N-dealkylation sites (tertiary alicyclic amines) is 1. The molecule has 0 spiro atoms. The molecule has 2 atom stereocenters. The summed E-state index contributed by atoms with van der Waals surface area (Å²) in [4.78, 5) is 38.0. The molecule has 6 heteroatoms. The molecule has 1 saturated heterocycles. The zero-order valence-electron chi connectivity index (χ0n) is 13.0. The Morgan fingerprint density at radius 2 is 1.83 bits per heavy atom. The number of nitrogens with one attached hydrogen (secondary N) is 1. The highest BCUT2D eigenvalue weighted by Crippen LogP contribution is 2.37. The first kappa shape index (κ1) is 16.0. The summed E-state index contributed by atoms with van der Waals surface area (Å²) in [5.74, 6) is -1.27. The lowest BCUT2D eigenvalue weighted by Crippen LogP contribution is -2.38. The van der Waals surface area contributed by atoms with E-state index in [0.717, 1.165) is 36.1 Å². The smallest absolute Gasteiger partial charge is 0.244 e. The third-order valence-electron chi connectivity index (χ3n) is 4.63. The van der Waals surface area contributed by atoms with E-state index in [2.05, 4.69) is 5.32 Å². The van der Waals surface area contributed by atoms with Gasteiger partial charge in [-0.25, -0.2) is 0 Å². The van der Waals surface area contributed by atoms with E-state index in [1.54, 1.807) is 12.1 Å². The van der Waals surface area contributed by atoms with Crippen molar-refractivity contribution >= 4 is 35.0 Å². The Kier molecular flexibility index (Phi) is 4.39. The van der Waals surface area contributed by atoms with Crippen LogP contribution in [-0.2, 0) is 14.4 Å². The number of rotatable bonds is 3. The van der Waals surface area contributed by atoms with Gasteiger partial charge in [-0.15, -0.1) is 0 Å². The Bertz CT molecular complexity index is 650. The summed E-state index contributed by atoms with van der Waals surface area (Å²) in [6.07, 6.45) is 3.44. The third-order valence-corrected chi connectivity index (χ3v) is 4.95. The van der Waals surface area contributed by atoms with Crippen molar-refractivity contribution in [3.8, 4) is 0 Å². The van der Waals surface area contributed by atoms with Gasteiger partial charge in [0.05, 0.1) is 22.5 Å². The first-order valence-corrected chi connectivity index (χ1v) is 8.26. The standard InChI is InChI=1S/C17H19ClN2O3/c1-10-6-7-14(13(18)8-10)19-15(21)9-20-16(22)11-4-2-3-5-12(11)17(20)23/h6-8,11-12H,2-5,9H2,1H3,(H,19,21)/t11-,12-/m1/s1. The summed E-state index contributed by atoms with van der Waals surface area (Å²) in [6, 6.07) is 5.29. The van der Waals surface area contributed by atoms with Gasteiger partial charge in [-0.3, -0.25) is 19.3 Å². The molecule has 2 fully saturated rings. The van der Waals surface area contributed by atoms with Crippen LogP contribution in [0, 0.1) is 18.8 Å². The van der Waals surface area contributed by atoms with Crippen LogP contribution >= 0.6 is 11.6 Å². The monoisotopic (exact) mass is 334 g/mol. The minimum atomic E-state index is -0.406. The highest BCUT2D eigenvalue weighted by atomic mass is 35.5. The summed E-state index contributed by atoms with van der Waals surface area (Å²) in [5, 5.41) is 3.11. The molecule has 1 N–H and O–H groups in total. The van der Waals surface area contributed by atoms with Gasteiger partial charge in [0.2, 0.25) is 17.7 Å². The van der Waals surface area contributed by atoms with Gasteiger partial charge in [-0.2, -0.15) is 0 Å². The second-order valence-electron chi connectivity index (χ2n) is 6.29. The number of nitrogens with zero attached hydrogens (tertiary/aromatic N) is 1. The second-order valence-corrected chi connectivity index (χ2v) is 6.70. The molecular formula is C17H19ClN2O3. The van der Waals surface area contributed by atoms with E-state index in [1.165, 1.54) is 0 Å². The van der Waals surface area contributed by atoms with Crippen LogP contribution in [0.5, 0.6) is 0 Å². The van der Waals surface area contributed by atoms with Crippen molar-refractivity contribution in [1.82, 2.24) is 4.90 Å². The molecule has 122 valence electrons. The number of imide groups is 1. The number of fused-ring (bicyclic) bond motifs is 1. The Morgan fingerprint density at radius 1 is 1.22 bits per heavy atom. The molecule has 1 saturated carbocycles. The fourth-order valence-electron chi connectivity index (χ4n) is 3.44. The number of carbonyl (C=O) groups excluding carboxylic acids is 3. The van der Waals surface area contributed by atoms with Crippen LogP contribution in [0.3, 0.4) is 0 Å². The van der Waals surface area contributed by atoms with E-state index in [9.17, 15) is 14.4 Å². The Balaban J connectivity index is 1.68. The number of carbonyl (C=O) groups is 3. The fourth-order valence-corrected chi connectivity index (χ4v) is 3.72. The van der Waals surface area contributed by atoms with Crippen LogP contribution in [0.2, 0.25) is 5.02 Å². The van der Waals surface area contributed by atoms with Crippen LogP contribution in [0.1, 0.15) is 31.2 Å². The zero-order chi connectivity index (χ0) is 16.6. The van der Waals surface area contributed by atoms with E-state index >= 15 is 0 Å². The molecule has 2 aliphatic rings. The molecule has 0 unspecified atom stereocenters. The predicted molar refractivity (Wildman–Crippen MR) is 87.0 cm³/mol. The van der Waals surface area contributed by atoms with Gasteiger partial charge < -0.3 is 5.32 Å². The van der Waals surface area contributed by atoms with Gasteiger partial charge in [0.25, 0.3) is 0 Å². The van der Waals surface area contributed by atoms with E-state index < -0.39 is 5.91 Å². The minimum Gasteiger partial charge on any atom is -0.323 e. The molecule has 1 aliphatic heterocycles. The van der Waals surface area contributed by atoms with Crippen LogP contribution in [0.25, 0.3) is 0 Å². The second kappa shape index (κ2) is 6.32. The van der Waals surface area contributed by atoms with Gasteiger partial charge in [0, 0.05) is 0 Å². The Morgan fingerprint density at radius 3 is 2.39 bits per heavy atom. The van der Waals surface area contributed by atoms with E-state index in [0.29, 0.717) is 10.7 Å². The highest BCUT2D eigenvalue weighted by molar-refractivity contribution is 6.33. The minimum absolute atomic E-state index is 0.204. The molecule has 0 bridgehead atoms. The molecule has 1 heterocycles. The highest BCUT2D eigenvalue weighted by Gasteiger charge is 2.48. The molecule has 1 aliphatic carbocycles. The van der Waals surface area contributed by atoms with Crippen molar-refractivity contribution in [3.63, 3.8) is 0 Å². The molecule has 23 heavy (non-hydrogen) atoms. The SMILES string of the molecule is Cc1ccc(NC(=O)CN2C(=O)[C@@H]3CCCC[C@H]3C2=O)c(Cl)c1. The van der Waals surface area contributed by atoms with Gasteiger partial charge in [-0.05, 0) is 37.5 Å². The molecule has 3 rings (SSSR count). The number of hydrogen-bond donors (Lipinski definition) is 1. The van der Waals surface area contributed by atoms with Crippen LogP contribution in [0.15, 0.2) is 18.2 Å². The van der Waals surface area contributed by atoms with Gasteiger partial charge in [0.1, 0.15) is 6.54 Å². The topological polar surface area (TPSA) is 66.5 Å². The Labute approximate surface area is 140 Å². The number of anilines is 1. The average Bonchev–Trinajstić information content (AvgIpc) is 2.76. The lowest BCUT2D eigenvalue weighted by atomic mass is 9.81. The average molecular weight is 335 g/mol.